The Morgan fingerprint density at radius 2 is 1.92 bits per heavy atom. The van der Waals surface area contributed by atoms with E-state index in [1.54, 1.807) is 7.11 Å². The third-order valence-corrected chi connectivity index (χ3v) is 5.12. The molecule has 2 heterocycles. The lowest BCUT2D eigenvalue weighted by molar-refractivity contribution is 0.415. The molecule has 0 saturated carbocycles. The van der Waals surface area contributed by atoms with Crippen LogP contribution in [0.15, 0.2) is 54.7 Å². The number of nitrogens with zero attached hydrogens (tertiary/aromatic N) is 2. The summed E-state index contributed by atoms with van der Waals surface area (Å²) in [6.45, 7) is 2.23. The number of aryl methyl sites for hydroxylation is 1. The van der Waals surface area contributed by atoms with Gasteiger partial charge in [-0.25, -0.2) is 0 Å². The molecule has 0 radical (unpaired) electrons. The Hall–Kier alpha value is -2.39. The van der Waals surface area contributed by atoms with Crippen molar-refractivity contribution < 1.29 is 4.74 Å². The summed E-state index contributed by atoms with van der Waals surface area (Å²) in [5.41, 5.74) is 4.92. The second kappa shape index (κ2) is 6.49. The monoisotopic (exact) mass is 352 g/mol. The number of hydrogen-bond acceptors (Lipinski definition) is 2. The lowest BCUT2D eigenvalue weighted by Crippen LogP contribution is -2.29. The van der Waals surface area contributed by atoms with Crippen LogP contribution in [0.2, 0.25) is 0 Å². The van der Waals surface area contributed by atoms with Crippen molar-refractivity contribution in [3.05, 3.63) is 66.0 Å². The molecule has 1 unspecified atom stereocenters. The fourth-order valence-corrected chi connectivity index (χ4v) is 3.94. The van der Waals surface area contributed by atoms with Gasteiger partial charge in [0, 0.05) is 34.9 Å². The maximum Gasteiger partial charge on any atom is 0.120 e. The van der Waals surface area contributed by atoms with Crippen LogP contribution >= 0.6 is 11.6 Å². The lowest BCUT2D eigenvalue weighted by atomic mass is 10.1. The van der Waals surface area contributed by atoms with E-state index >= 15 is 0 Å². The Kier molecular flexibility index (Phi) is 4.18. The average molecular weight is 353 g/mol. The molecule has 0 N–H and O–H groups in total. The second-order valence-electron chi connectivity index (χ2n) is 6.25. The standard InChI is InChI=1S/C21H21ClN2O/c1-15-23(16-6-4-3-5-7-16)13-11-20-19(10-12-22)18-9-8-17(25-2)14-21(18)24(15)20/h3-9,11,13-15H,10,12H2,1-2H3. The molecule has 3 nitrogen and oxygen atoms in total. The number of rotatable bonds is 4. The number of halogens is 1. The minimum Gasteiger partial charge on any atom is -0.497 e. The van der Waals surface area contributed by atoms with E-state index in [0.717, 1.165) is 12.2 Å². The van der Waals surface area contributed by atoms with Gasteiger partial charge in [-0.2, -0.15) is 0 Å². The number of hydrogen-bond donors (Lipinski definition) is 0. The van der Waals surface area contributed by atoms with Gasteiger partial charge in [0.25, 0.3) is 0 Å². The summed E-state index contributed by atoms with van der Waals surface area (Å²) in [4.78, 5) is 2.29. The van der Waals surface area contributed by atoms with Crippen LogP contribution < -0.4 is 9.64 Å². The Balaban J connectivity index is 1.92. The largest absolute Gasteiger partial charge is 0.497 e. The summed E-state index contributed by atoms with van der Waals surface area (Å²) in [6.07, 6.45) is 5.39. The molecule has 0 aliphatic carbocycles. The van der Waals surface area contributed by atoms with Crippen LogP contribution in [-0.4, -0.2) is 17.6 Å². The van der Waals surface area contributed by atoms with Gasteiger partial charge in [-0.15, -0.1) is 11.6 Å². The van der Waals surface area contributed by atoms with Crippen LogP contribution in [0.3, 0.4) is 0 Å². The smallest absolute Gasteiger partial charge is 0.120 e. The van der Waals surface area contributed by atoms with Crippen molar-refractivity contribution in [3.8, 4) is 5.75 Å². The topological polar surface area (TPSA) is 17.4 Å². The predicted octanol–water partition coefficient (Wildman–Crippen LogP) is 5.44. The zero-order valence-electron chi connectivity index (χ0n) is 14.4. The summed E-state index contributed by atoms with van der Waals surface area (Å²) in [5, 5.41) is 1.25. The van der Waals surface area contributed by atoms with Crippen molar-refractivity contribution in [2.45, 2.75) is 19.5 Å². The highest BCUT2D eigenvalue weighted by molar-refractivity contribution is 6.18. The Morgan fingerprint density at radius 3 is 2.64 bits per heavy atom. The molecule has 1 aliphatic heterocycles. The first-order valence-corrected chi connectivity index (χ1v) is 9.06. The number of anilines is 1. The van der Waals surface area contributed by atoms with E-state index < -0.39 is 0 Å². The van der Waals surface area contributed by atoms with Gasteiger partial charge >= 0.3 is 0 Å². The van der Waals surface area contributed by atoms with Gasteiger partial charge in [-0.3, -0.25) is 0 Å². The van der Waals surface area contributed by atoms with Crippen LogP contribution in [0.5, 0.6) is 5.75 Å². The molecule has 0 saturated heterocycles. The fourth-order valence-electron chi connectivity index (χ4n) is 3.75. The third-order valence-electron chi connectivity index (χ3n) is 4.93. The normalized spacial score (nSPS) is 16.3. The number of benzene rings is 2. The number of para-hydroxylation sites is 1. The van der Waals surface area contributed by atoms with Crippen molar-refractivity contribution in [1.29, 1.82) is 0 Å². The predicted molar refractivity (Wildman–Crippen MR) is 106 cm³/mol. The van der Waals surface area contributed by atoms with Crippen LogP contribution in [0, 0.1) is 0 Å². The van der Waals surface area contributed by atoms with Gasteiger partial charge in [-0.1, -0.05) is 18.2 Å². The number of fused-ring (bicyclic) bond motifs is 3. The van der Waals surface area contributed by atoms with Crippen molar-refractivity contribution in [2.24, 2.45) is 0 Å². The first-order chi connectivity index (χ1) is 12.2. The molecule has 2 aromatic carbocycles. The number of alkyl halides is 1. The molecule has 0 bridgehead atoms. The first kappa shape index (κ1) is 16.1. The van der Waals surface area contributed by atoms with E-state index in [-0.39, 0.29) is 6.17 Å². The average Bonchev–Trinajstić information content (AvgIpc) is 2.97. The molecule has 3 aromatic rings. The molecule has 25 heavy (non-hydrogen) atoms. The Labute approximate surface area is 153 Å². The zero-order valence-corrected chi connectivity index (χ0v) is 15.2. The van der Waals surface area contributed by atoms with Crippen LogP contribution in [0.25, 0.3) is 17.0 Å². The van der Waals surface area contributed by atoms with Crippen molar-refractivity contribution in [2.75, 3.05) is 17.9 Å². The summed E-state index contributed by atoms with van der Waals surface area (Å²) in [7, 11) is 1.71. The van der Waals surface area contributed by atoms with Crippen LogP contribution in [0.4, 0.5) is 5.69 Å². The summed E-state index contributed by atoms with van der Waals surface area (Å²) < 4.78 is 7.84. The molecular weight excluding hydrogens is 332 g/mol. The number of methoxy groups -OCH3 is 1. The van der Waals surface area contributed by atoms with E-state index in [9.17, 15) is 0 Å². The van der Waals surface area contributed by atoms with Gasteiger partial charge < -0.3 is 14.2 Å². The van der Waals surface area contributed by atoms with E-state index in [2.05, 4.69) is 65.1 Å². The van der Waals surface area contributed by atoms with Crippen molar-refractivity contribution in [1.82, 2.24) is 4.57 Å². The summed E-state index contributed by atoms with van der Waals surface area (Å²) in [5.74, 6) is 1.49. The molecule has 1 atom stereocenters. The molecule has 1 aliphatic rings. The molecular formula is C21H21ClN2O. The number of ether oxygens (including phenoxy) is 1. The third kappa shape index (κ3) is 2.59. The lowest BCUT2D eigenvalue weighted by Gasteiger charge is -2.34. The molecule has 0 amide bonds. The Bertz CT molecular complexity index is 930. The minimum atomic E-state index is 0.168. The molecule has 0 fully saturated rings. The van der Waals surface area contributed by atoms with Crippen LogP contribution in [-0.2, 0) is 6.42 Å². The quantitative estimate of drug-likeness (QED) is 0.581. The highest BCUT2D eigenvalue weighted by Gasteiger charge is 2.25. The van der Waals surface area contributed by atoms with E-state index in [4.69, 9.17) is 16.3 Å². The zero-order chi connectivity index (χ0) is 17.4. The van der Waals surface area contributed by atoms with Crippen LogP contribution in [0.1, 0.15) is 24.3 Å². The van der Waals surface area contributed by atoms with Gasteiger partial charge in [0.2, 0.25) is 0 Å². The molecule has 0 spiro atoms. The highest BCUT2D eigenvalue weighted by Crippen LogP contribution is 2.38. The summed E-state index contributed by atoms with van der Waals surface area (Å²) >= 11 is 6.09. The van der Waals surface area contributed by atoms with Gasteiger partial charge in [0.15, 0.2) is 0 Å². The SMILES string of the molecule is COc1ccc2c(CCCl)c3n(c2c1)C(C)N(c1ccccc1)C=C3. The molecule has 1 aromatic heterocycles. The Morgan fingerprint density at radius 1 is 1.12 bits per heavy atom. The maximum absolute atomic E-state index is 6.09. The second-order valence-corrected chi connectivity index (χ2v) is 6.62. The van der Waals surface area contributed by atoms with E-state index in [1.807, 2.05) is 12.1 Å². The van der Waals surface area contributed by atoms with E-state index in [0.29, 0.717) is 5.88 Å². The van der Waals surface area contributed by atoms with Crippen molar-refractivity contribution >= 4 is 34.3 Å². The van der Waals surface area contributed by atoms with Crippen molar-refractivity contribution in [3.63, 3.8) is 0 Å². The van der Waals surface area contributed by atoms with Gasteiger partial charge in [0.05, 0.1) is 12.6 Å². The van der Waals surface area contributed by atoms with E-state index in [1.165, 1.54) is 27.8 Å². The van der Waals surface area contributed by atoms with Gasteiger partial charge in [0.1, 0.15) is 11.9 Å². The number of aromatic nitrogens is 1. The molecule has 4 rings (SSSR count). The minimum absolute atomic E-state index is 0.168. The first-order valence-electron chi connectivity index (χ1n) is 8.53. The molecule has 128 valence electrons. The van der Waals surface area contributed by atoms with Gasteiger partial charge in [-0.05, 0) is 49.2 Å². The highest BCUT2D eigenvalue weighted by atomic mass is 35.5. The maximum atomic E-state index is 6.09. The summed E-state index contributed by atoms with van der Waals surface area (Å²) in [6, 6.07) is 16.7. The fraction of sp³-hybridized carbons (Fsp3) is 0.238. The molecule has 4 heteroatoms.